The summed E-state index contributed by atoms with van der Waals surface area (Å²) in [5, 5.41) is 2.49. The van der Waals surface area contributed by atoms with Crippen LogP contribution in [0.5, 0.6) is 0 Å². The third kappa shape index (κ3) is 3.08. The first kappa shape index (κ1) is 16.3. The van der Waals surface area contributed by atoms with E-state index in [1.165, 1.54) is 24.4 Å². The lowest BCUT2D eigenvalue weighted by atomic mass is 10.1. The van der Waals surface area contributed by atoms with E-state index in [0.717, 1.165) is 23.1 Å². The Kier molecular flexibility index (Phi) is 4.60. The number of carbonyl (C=O) groups excluding carboxylic acids is 1. The van der Waals surface area contributed by atoms with E-state index in [9.17, 15) is 13.6 Å². The largest absolute Gasteiger partial charge is 0.293 e. The molecular weight excluding hydrogens is 408 g/mol. The van der Waals surface area contributed by atoms with E-state index in [1.54, 1.807) is 6.26 Å². The fourth-order valence-electron chi connectivity index (χ4n) is 1.97. The highest BCUT2D eigenvalue weighted by molar-refractivity contribution is 9.10. The van der Waals surface area contributed by atoms with Gasteiger partial charge in [-0.2, -0.15) is 0 Å². The second kappa shape index (κ2) is 6.50. The van der Waals surface area contributed by atoms with Gasteiger partial charge in [-0.25, -0.2) is 13.8 Å². The third-order valence-corrected chi connectivity index (χ3v) is 5.02. The van der Waals surface area contributed by atoms with E-state index in [-0.39, 0.29) is 26.1 Å². The number of aromatic nitrogens is 2. The molecule has 1 amide bonds. The van der Waals surface area contributed by atoms with Gasteiger partial charge in [0.2, 0.25) is 0 Å². The summed E-state index contributed by atoms with van der Waals surface area (Å²) in [5.41, 5.74) is 0.568. The first-order valence-corrected chi connectivity index (χ1v) is 9.09. The van der Waals surface area contributed by atoms with Gasteiger partial charge >= 0.3 is 0 Å². The Morgan fingerprint density at radius 1 is 1.43 bits per heavy atom. The molecule has 3 rings (SSSR count). The molecule has 0 atom stereocenters. The molecule has 0 radical (unpaired) electrons. The Bertz CT molecular complexity index is 916. The number of pyridine rings is 1. The minimum Gasteiger partial charge on any atom is -0.293 e. The van der Waals surface area contributed by atoms with E-state index in [4.69, 9.17) is 0 Å². The maximum absolute atomic E-state index is 14.3. The summed E-state index contributed by atoms with van der Waals surface area (Å²) in [7, 11) is 0. The number of benzene rings is 1. The highest BCUT2D eigenvalue weighted by atomic mass is 79.9. The van der Waals surface area contributed by atoms with Crippen LogP contribution in [0.25, 0.3) is 21.5 Å². The van der Waals surface area contributed by atoms with Crippen LogP contribution in [0.1, 0.15) is 0 Å². The van der Waals surface area contributed by atoms with Gasteiger partial charge in [0, 0.05) is 11.8 Å². The molecule has 2 aromatic heterocycles. The molecule has 0 fully saturated rings. The molecule has 0 saturated carbocycles. The standard InChI is InChI=1S/C14H8BrF2N3OS2/c1-22-14(21)20-13-19-11-9(17)7(15)5-6(12(11)23-13)10-8(16)3-2-4-18-10/h2-5H,1H3,(H,19,20,21). The van der Waals surface area contributed by atoms with Crippen molar-refractivity contribution in [1.29, 1.82) is 0 Å². The van der Waals surface area contributed by atoms with Crippen molar-refractivity contribution in [2.75, 3.05) is 11.6 Å². The van der Waals surface area contributed by atoms with Crippen molar-refractivity contribution >= 4 is 59.6 Å². The quantitative estimate of drug-likeness (QED) is 0.617. The minimum absolute atomic E-state index is 0.0563. The van der Waals surface area contributed by atoms with Gasteiger partial charge in [-0.3, -0.25) is 15.1 Å². The van der Waals surface area contributed by atoms with E-state index in [1.807, 2.05) is 0 Å². The molecule has 1 N–H and O–H groups in total. The number of anilines is 1. The summed E-state index contributed by atoms with van der Waals surface area (Å²) in [5.74, 6) is -1.09. The van der Waals surface area contributed by atoms with Crippen LogP contribution in [0.4, 0.5) is 18.7 Å². The Labute approximate surface area is 146 Å². The van der Waals surface area contributed by atoms with Gasteiger partial charge in [-0.1, -0.05) is 23.1 Å². The molecule has 0 aliphatic heterocycles. The lowest BCUT2D eigenvalue weighted by molar-refractivity contribution is 0.270. The molecule has 0 bridgehead atoms. The van der Waals surface area contributed by atoms with Crippen molar-refractivity contribution in [2.45, 2.75) is 0 Å². The van der Waals surface area contributed by atoms with Crippen molar-refractivity contribution in [1.82, 2.24) is 9.97 Å². The highest BCUT2D eigenvalue weighted by Crippen LogP contribution is 2.39. The number of hydrogen-bond donors (Lipinski definition) is 1. The lowest BCUT2D eigenvalue weighted by Crippen LogP contribution is -2.02. The summed E-state index contributed by atoms with van der Waals surface area (Å²) in [6.45, 7) is 0. The van der Waals surface area contributed by atoms with E-state index >= 15 is 0 Å². The van der Waals surface area contributed by atoms with Crippen LogP contribution >= 0.6 is 39.0 Å². The molecule has 9 heteroatoms. The number of hydrogen-bond acceptors (Lipinski definition) is 5. The average molecular weight is 416 g/mol. The molecule has 0 aliphatic carbocycles. The van der Waals surface area contributed by atoms with Gasteiger partial charge in [0.05, 0.1) is 9.17 Å². The summed E-state index contributed by atoms with van der Waals surface area (Å²) in [6, 6.07) is 4.22. The highest BCUT2D eigenvalue weighted by Gasteiger charge is 2.20. The SMILES string of the molecule is CSC(=O)Nc1nc2c(F)c(Br)cc(-c3ncccc3F)c2s1. The van der Waals surface area contributed by atoms with E-state index < -0.39 is 11.6 Å². The third-order valence-electron chi connectivity index (χ3n) is 2.97. The Balaban J connectivity index is 2.24. The molecule has 0 saturated heterocycles. The fraction of sp³-hybridized carbons (Fsp3) is 0.0714. The zero-order valence-electron chi connectivity index (χ0n) is 11.6. The minimum atomic E-state index is -0.569. The van der Waals surface area contributed by atoms with Crippen molar-refractivity contribution in [3.8, 4) is 11.3 Å². The number of thioether (sulfide) groups is 1. The van der Waals surface area contributed by atoms with Gasteiger partial charge in [0.1, 0.15) is 17.0 Å². The Morgan fingerprint density at radius 2 is 2.22 bits per heavy atom. The number of halogens is 3. The first-order chi connectivity index (χ1) is 11.0. The molecule has 0 unspecified atom stereocenters. The maximum Gasteiger partial charge on any atom is 0.284 e. The fourth-order valence-corrected chi connectivity index (χ4v) is 3.62. The van der Waals surface area contributed by atoms with Crippen molar-refractivity contribution in [2.24, 2.45) is 0 Å². The summed E-state index contributed by atoms with van der Waals surface area (Å²) >= 11 is 5.16. The number of carbonyl (C=O) groups is 1. The molecule has 118 valence electrons. The van der Waals surface area contributed by atoms with Gasteiger partial charge in [-0.15, -0.1) is 0 Å². The van der Waals surface area contributed by atoms with Crippen molar-refractivity contribution in [3.05, 3.63) is 40.5 Å². The summed E-state index contributed by atoms with van der Waals surface area (Å²) in [6.07, 6.45) is 3.08. The molecule has 2 heterocycles. The van der Waals surface area contributed by atoms with Gasteiger partial charge in [-0.05, 0) is 40.4 Å². The molecule has 1 aromatic carbocycles. The molecule has 4 nitrogen and oxygen atoms in total. The Morgan fingerprint density at radius 3 is 2.91 bits per heavy atom. The van der Waals surface area contributed by atoms with Gasteiger partial charge in [0.15, 0.2) is 10.9 Å². The second-order valence-corrected chi connectivity index (χ2v) is 7.00. The molecule has 0 aliphatic rings. The lowest BCUT2D eigenvalue weighted by Gasteiger charge is -2.05. The number of nitrogens with zero attached hydrogens (tertiary/aromatic N) is 2. The van der Waals surface area contributed by atoms with Crippen molar-refractivity contribution < 1.29 is 13.6 Å². The van der Waals surface area contributed by atoms with Crippen LogP contribution in [0, 0.1) is 11.6 Å². The smallest absolute Gasteiger partial charge is 0.284 e. The zero-order valence-corrected chi connectivity index (χ0v) is 14.8. The molecular formula is C14H8BrF2N3OS2. The topological polar surface area (TPSA) is 54.9 Å². The maximum atomic E-state index is 14.3. The number of thiazole rings is 1. The normalized spacial score (nSPS) is 11.0. The number of fused-ring (bicyclic) bond motifs is 1. The molecule has 0 spiro atoms. The number of rotatable bonds is 2. The molecule has 3 aromatic rings. The van der Waals surface area contributed by atoms with E-state index in [0.29, 0.717) is 10.3 Å². The van der Waals surface area contributed by atoms with Crippen LogP contribution in [0.15, 0.2) is 28.9 Å². The number of amides is 1. The van der Waals surface area contributed by atoms with Crippen LogP contribution < -0.4 is 5.32 Å². The van der Waals surface area contributed by atoms with Gasteiger partial charge < -0.3 is 0 Å². The van der Waals surface area contributed by atoms with Crippen LogP contribution in [-0.2, 0) is 0 Å². The van der Waals surface area contributed by atoms with Crippen LogP contribution in [0.2, 0.25) is 0 Å². The zero-order chi connectivity index (χ0) is 16.6. The monoisotopic (exact) mass is 415 g/mol. The Hall–Kier alpha value is -1.58. The predicted molar refractivity (Wildman–Crippen MR) is 93.0 cm³/mol. The van der Waals surface area contributed by atoms with Crippen LogP contribution in [-0.4, -0.2) is 21.5 Å². The second-order valence-electron chi connectivity index (χ2n) is 4.37. The average Bonchev–Trinajstić information content (AvgIpc) is 2.95. The van der Waals surface area contributed by atoms with Crippen LogP contribution in [0.3, 0.4) is 0 Å². The first-order valence-electron chi connectivity index (χ1n) is 6.25. The predicted octanol–water partition coefficient (Wildman–Crippen LogP) is 5.29. The summed E-state index contributed by atoms with van der Waals surface area (Å²) < 4.78 is 28.9. The van der Waals surface area contributed by atoms with E-state index in [2.05, 4.69) is 31.2 Å². The van der Waals surface area contributed by atoms with Crippen molar-refractivity contribution in [3.63, 3.8) is 0 Å². The number of nitrogens with one attached hydrogen (secondary N) is 1. The summed E-state index contributed by atoms with van der Waals surface area (Å²) in [4.78, 5) is 19.6. The van der Waals surface area contributed by atoms with Gasteiger partial charge in [0.25, 0.3) is 5.24 Å². The molecule has 23 heavy (non-hydrogen) atoms.